The van der Waals surface area contributed by atoms with Crippen LogP contribution in [0.5, 0.6) is 0 Å². The Morgan fingerprint density at radius 1 is 1.62 bits per heavy atom. The molecule has 1 fully saturated rings. The monoisotopic (exact) mass is 285 g/mol. The third-order valence-electron chi connectivity index (χ3n) is 2.35. The minimum absolute atomic E-state index is 0.0519. The predicted molar refractivity (Wildman–Crippen MR) is 61.2 cm³/mol. The zero-order valence-corrected chi connectivity index (χ0v) is 10.3. The first-order valence-corrected chi connectivity index (χ1v) is 5.96. The molecule has 16 heavy (non-hydrogen) atoms. The van der Waals surface area contributed by atoms with Crippen LogP contribution in [0.4, 0.5) is 0 Å². The lowest BCUT2D eigenvalue weighted by atomic mass is 10.2. The number of carbonyl (C=O) groups is 1. The third-order valence-corrected chi connectivity index (χ3v) is 2.79. The van der Waals surface area contributed by atoms with Gasteiger partial charge in [0.1, 0.15) is 16.9 Å². The van der Waals surface area contributed by atoms with E-state index >= 15 is 0 Å². The molecule has 1 aromatic rings. The van der Waals surface area contributed by atoms with E-state index in [1.54, 1.807) is 18.2 Å². The molecular weight excluding hydrogens is 274 g/mol. The van der Waals surface area contributed by atoms with Crippen LogP contribution in [-0.2, 0) is 9.47 Å². The third kappa shape index (κ3) is 3.02. The summed E-state index contributed by atoms with van der Waals surface area (Å²) in [4.78, 5) is 15.6. The van der Waals surface area contributed by atoms with E-state index in [9.17, 15) is 4.79 Å². The first kappa shape index (κ1) is 11.5. The number of pyridine rings is 1. The summed E-state index contributed by atoms with van der Waals surface area (Å²) in [6.45, 7) is 1.07. The first-order valence-electron chi connectivity index (χ1n) is 5.17. The second kappa shape index (κ2) is 5.41. The Bertz CT molecular complexity index is 377. The van der Waals surface area contributed by atoms with Crippen LogP contribution in [0.2, 0.25) is 0 Å². The van der Waals surface area contributed by atoms with E-state index in [4.69, 9.17) is 9.47 Å². The summed E-state index contributed by atoms with van der Waals surface area (Å²) in [6.07, 6.45) is 2.05. The van der Waals surface area contributed by atoms with Gasteiger partial charge in [-0.1, -0.05) is 6.07 Å². The number of aromatic nitrogens is 1. The van der Waals surface area contributed by atoms with Gasteiger partial charge in [0.2, 0.25) is 0 Å². The molecule has 1 unspecified atom stereocenters. The largest absolute Gasteiger partial charge is 0.458 e. The van der Waals surface area contributed by atoms with Crippen LogP contribution in [0.25, 0.3) is 0 Å². The highest BCUT2D eigenvalue weighted by Gasteiger charge is 2.18. The summed E-state index contributed by atoms with van der Waals surface area (Å²) in [6, 6.07) is 5.14. The van der Waals surface area contributed by atoms with Gasteiger partial charge in [0.15, 0.2) is 0 Å². The average molecular weight is 286 g/mol. The molecule has 0 bridgehead atoms. The van der Waals surface area contributed by atoms with E-state index in [-0.39, 0.29) is 6.10 Å². The molecule has 2 rings (SSSR count). The van der Waals surface area contributed by atoms with Gasteiger partial charge < -0.3 is 9.47 Å². The smallest absolute Gasteiger partial charge is 0.357 e. The minimum atomic E-state index is -0.406. The Morgan fingerprint density at radius 3 is 3.19 bits per heavy atom. The summed E-state index contributed by atoms with van der Waals surface area (Å²) in [7, 11) is 0. The number of hydrogen-bond acceptors (Lipinski definition) is 4. The Labute approximate surface area is 102 Å². The average Bonchev–Trinajstić information content (AvgIpc) is 2.78. The molecule has 0 N–H and O–H groups in total. The molecular formula is C11H12BrNO3. The lowest BCUT2D eigenvalue weighted by Gasteiger charge is -2.09. The maximum Gasteiger partial charge on any atom is 0.357 e. The van der Waals surface area contributed by atoms with Crippen LogP contribution in [0.3, 0.4) is 0 Å². The van der Waals surface area contributed by atoms with Crippen molar-refractivity contribution >= 4 is 21.9 Å². The van der Waals surface area contributed by atoms with E-state index in [2.05, 4.69) is 20.9 Å². The normalized spacial score (nSPS) is 19.7. The number of ether oxygens (including phenoxy) is 2. The second-order valence-electron chi connectivity index (χ2n) is 3.58. The first-order chi connectivity index (χ1) is 7.75. The number of hydrogen-bond donors (Lipinski definition) is 0. The molecule has 1 saturated heterocycles. The highest BCUT2D eigenvalue weighted by atomic mass is 79.9. The van der Waals surface area contributed by atoms with E-state index in [1.165, 1.54) is 0 Å². The van der Waals surface area contributed by atoms with Gasteiger partial charge in [0.05, 0.1) is 6.10 Å². The van der Waals surface area contributed by atoms with Gasteiger partial charge >= 0.3 is 5.97 Å². The molecule has 1 aliphatic heterocycles. The molecule has 0 aromatic carbocycles. The fourth-order valence-electron chi connectivity index (χ4n) is 1.54. The van der Waals surface area contributed by atoms with E-state index in [0.29, 0.717) is 16.9 Å². The molecule has 86 valence electrons. The quantitative estimate of drug-likeness (QED) is 0.631. The molecule has 2 heterocycles. The highest BCUT2D eigenvalue weighted by molar-refractivity contribution is 9.10. The van der Waals surface area contributed by atoms with Crippen molar-refractivity contribution in [1.82, 2.24) is 4.98 Å². The number of rotatable bonds is 3. The summed E-state index contributed by atoms with van der Waals surface area (Å²) < 4.78 is 11.1. The predicted octanol–water partition coefficient (Wildman–Crippen LogP) is 2.18. The summed E-state index contributed by atoms with van der Waals surface area (Å²) in [5.41, 5.74) is 0.312. The van der Waals surface area contributed by atoms with Crippen LogP contribution in [0.15, 0.2) is 22.8 Å². The van der Waals surface area contributed by atoms with Gasteiger partial charge in [-0.25, -0.2) is 9.78 Å². The molecule has 1 atom stereocenters. The standard InChI is InChI=1S/C11H12BrNO3/c12-10-5-1-4-9(13-10)11(14)16-7-8-3-2-6-15-8/h1,4-5,8H,2-3,6-7H2. The maximum atomic E-state index is 11.6. The number of halogens is 1. The molecule has 5 heteroatoms. The van der Waals surface area contributed by atoms with Gasteiger partial charge in [-0.3, -0.25) is 0 Å². The number of carbonyl (C=O) groups excluding carboxylic acids is 1. The van der Waals surface area contributed by atoms with Crippen molar-refractivity contribution in [1.29, 1.82) is 0 Å². The van der Waals surface area contributed by atoms with Gasteiger partial charge in [-0.2, -0.15) is 0 Å². The van der Waals surface area contributed by atoms with Crippen LogP contribution >= 0.6 is 15.9 Å². The molecule has 0 aliphatic carbocycles. The minimum Gasteiger partial charge on any atom is -0.458 e. The SMILES string of the molecule is O=C(OCC1CCCO1)c1cccc(Br)n1. The van der Waals surface area contributed by atoms with Crippen molar-refractivity contribution in [2.24, 2.45) is 0 Å². The molecule has 0 saturated carbocycles. The second-order valence-corrected chi connectivity index (χ2v) is 4.39. The van der Waals surface area contributed by atoms with Crippen molar-refractivity contribution in [2.75, 3.05) is 13.2 Å². The van der Waals surface area contributed by atoms with Crippen molar-refractivity contribution in [3.05, 3.63) is 28.5 Å². The van der Waals surface area contributed by atoms with Crippen molar-refractivity contribution in [3.8, 4) is 0 Å². The zero-order chi connectivity index (χ0) is 11.4. The molecule has 1 aliphatic rings. The summed E-state index contributed by atoms with van der Waals surface area (Å²) >= 11 is 3.20. The van der Waals surface area contributed by atoms with Crippen molar-refractivity contribution in [2.45, 2.75) is 18.9 Å². The van der Waals surface area contributed by atoms with Crippen LogP contribution in [0.1, 0.15) is 23.3 Å². The molecule has 0 amide bonds. The van der Waals surface area contributed by atoms with Crippen LogP contribution in [-0.4, -0.2) is 30.3 Å². The van der Waals surface area contributed by atoms with E-state index in [0.717, 1.165) is 19.4 Å². The lowest BCUT2D eigenvalue weighted by molar-refractivity contribution is 0.0156. The van der Waals surface area contributed by atoms with Crippen LogP contribution < -0.4 is 0 Å². The Morgan fingerprint density at radius 2 is 2.50 bits per heavy atom. The molecule has 4 nitrogen and oxygen atoms in total. The summed E-state index contributed by atoms with van der Waals surface area (Å²) in [5.74, 6) is -0.406. The van der Waals surface area contributed by atoms with E-state index in [1.807, 2.05) is 0 Å². The van der Waals surface area contributed by atoms with Gasteiger partial charge in [0, 0.05) is 6.61 Å². The van der Waals surface area contributed by atoms with Crippen LogP contribution in [0, 0.1) is 0 Å². The Kier molecular flexibility index (Phi) is 3.90. The fraction of sp³-hybridized carbons (Fsp3) is 0.455. The van der Waals surface area contributed by atoms with E-state index < -0.39 is 5.97 Å². The van der Waals surface area contributed by atoms with Gasteiger partial charge in [-0.05, 0) is 40.9 Å². The lowest BCUT2D eigenvalue weighted by Crippen LogP contribution is -2.18. The maximum absolute atomic E-state index is 11.6. The van der Waals surface area contributed by atoms with Gasteiger partial charge in [0.25, 0.3) is 0 Å². The molecule has 0 spiro atoms. The van der Waals surface area contributed by atoms with Crippen molar-refractivity contribution in [3.63, 3.8) is 0 Å². The van der Waals surface area contributed by atoms with Crippen molar-refractivity contribution < 1.29 is 14.3 Å². The highest BCUT2D eigenvalue weighted by Crippen LogP contribution is 2.13. The number of nitrogens with zero attached hydrogens (tertiary/aromatic N) is 1. The fourth-order valence-corrected chi connectivity index (χ4v) is 1.88. The number of esters is 1. The zero-order valence-electron chi connectivity index (χ0n) is 8.69. The van der Waals surface area contributed by atoms with Gasteiger partial charge in [-0.15, -0.1) is 0 Å². The molecule has 0 radical (unpaired) electrons. The topological polar surface area (TPSA) is 48.4 Å². The molecule has 1 aromatic heterocycles. The summed E-state index contributed by atoms with van der Waals surface area (Å²) in [5, 5.41) is 0. The Balaban J connectivity index is 1.87. The Hall–Kier alpha value is -0.940.